The Bertz CT molecular complexity index is 861. The van der Waals surface area contributed by atoms with Gasteiger partial charge < -0.3 is 10.4 Å². The van der Waals surface area contributed by atoms with E-state index >= 15 is 0 Å². The normalized spacial score (nSPS) is 12.2. The van der Waals surface area contributed by atoms with Gasteiger partial charge in [0.2, 0.25) is 0 Å². The lowest BCUT2D eigenvalue weighted by Crippen LogP contribution is -2.29. The number of aromatic nitrogens is 2. The average Bonchev–Trinajstić information content (AvgIpc) is 2.92. The molecule has 0 aliphatic carbocycles. The van der Waals surface area contributed by atoms with Crippen molar-refractivity contribution in [2.75, 3.05) is 5.32 Å². The number of benzene rings is 1. The third-order valence-electron chi connectivity index (χ3n) is 3.91. The van der Waals surface area contributed by atoms with E-state index in [-0.39, 0.29) is 0 Å². The van der Waals surface area contributed by atoms with Gasteiger partial charge in [-0.25, -0.2) is 14.8 Å². The van der Waals surface area contributed by atoms with Gasteiger partial charge in [-0.1, -0.05) is 43.7 Å². The number of carboxylic acid groups (broad SMARTS) is 1. The van der Waals surface area contributed by atoms with Crippen LogP contribution in [-0.2, 0) is 4.79 Å². The molecule has 1 aromatic carbocycles. The molecule has 0 aliphatic heterocycles. The van der Waals surface area contributed by atoms with Crippen LogP contribution in [0.3, 0.4) is 0 Å². The summed E-state index contributed by atoms with van der Waals surface area (Å²) < 4.78 is 0. The number of nitrogens with zero attached hydrogens (tertiary/aromatic N) is 2. The lowest BCUT2D eigenvalue weighted by Gasteiger charge is -2.15. The first-order valence-electron chi connectivity index (χ1n) is 7.90. The Morgan fingerprint density at radius 1 is 1.29 bits per heavy atom. The third kappa shape index (κ3) is 3.10. The summed E-state index contributed by atoms with van der Waals surface area (Å²) in [5.41, 5.74) is 2.15. The van der Waals surface area contributed by atoms with Crippen molar-refractivity contribution < 1.29 is 9.90 Å². The van der Waals surface area contributed by atoms with Crippen LogP contribution in [0.25, 0.3) is 21.3 Å². The highest BCUT2D eigenvalue weighted by molar-refractivity contribution is 7.19. The van der Waals surface area contributed by atoms with Crippen molar-refractivity contribution in [3.8, 4) is 11.1 Å². The van der Waals surface area contributed by atoms with Crippen LogP contribution in [0, 0.1) is 6.92 Å². The lowest BCUT2D eigenvalue weighted by molar-refractivity contribution is -0.138. The van der Waals surface area contributed by atoms with E-state index in [4.69, 9.17) is 0 Å². The van der Waals surface area contributed by atoms with Gasteiger partial charge in [0.25, 0.3) is 0 Å². The van der Waals surface area contributed by atoms with E-state index in [1.165, 1.54) is 6.33 Å². The summed E-state index contributed by atoms with van der Waals surface area (Å²) in [5, 5.41) is 13.4. The fourth-order valence-corrected chi connectivity index (χ4v) is 3.83. The zero-order valence-electron chi connectivity index (χ0n) is 13.6. The minimum absolute atomic E-state index is 0.546. The number of carboxylic acids is 1. The van der Waals surface area contributed by atoms with Crippen molar-refractivity contribution in [1.82, 2.24) is 9.97 Å². The smallest absolute Gasteiger partial charge is 0.326 e. The number of fused-ring (bicyclic) bond motifs is 1. The van der Waals surface area contributed by atoms with Gasteiger partial charge in [-0.3, -0.25) is 0 Å². The summed E-state index contributed by atoms with van der Waals surface area (Å²) in [6, 6.07) is 9.40. The van der Waals surface area contributed by atoms with E-state index in [0.29, 0.717) is 12.2 Å². The highest BCUT2D eigenvalue weighted by Crippen LogP contribution is 2.40. The Morgan fingerprint density at radius 3 is 2.71 bits per heavy atom. The van der Waals surface area contributed by atoms with E-state index in [9.17, 15) is 9.90 Å². The van der Waals surface area contributed by atoms with Crippen molar-refractivity contribution in [1.29, 1.82) is 0 Å². The van der Waals surface area contributed by atoms with E-state index < -0.39 is 12.0 Å². The first-order valence-corrected chi connectivity index (χ1v) is 8.72. The first kappa shape index (κ1) is 16.4. The number of aryl methyl sites for hydroxylation is 1. The molecule has 0 aliphatic rings. The lowest BCUT2D eigenvalue weighted by atomic mass is 10.0. The molecular weight excluding hydrogens is 322 g/mol. The third-order valence-corrected chi connectivity index (χ3v) is 4.93. The molecule has 5 nitrogen and oxygen atoms in total. The molecule has 3 rings (SSSR count). The number of nitrogens with one attached hydrogen (secondary N) is 1. The quantitative estimate of drug-likeness (QED) is 0.698. The summed E-state index contributed by atoms with van der Waals surface area (Å²) in [5.74, 6) is -0.277. The Labute approximate surface area is 144 Å². The van der Waals surface area contributed by atoms with Crippen molar-refractivity contribution >= 4 is 33.3 Å². The van der Waals surface area contributed by atoms with Crippen LogP contribution in [0.2, 0.25) is 0 Å². The predicted octanol–water partition coefficient (Wildman–Crippen LogP) is 4.33. The molecular formula is C18H19N3O2S. The molecule has 0 saturated heterocycles. The van der Waals surface area contributed by atoms with Gasteiger partial charge in [0.15, 0.2) is 0 Å². The molecule has 24 heavy (non-hydrogen) atoms. The fourth-order valence-electron chi connectivity index (χ4n) is 2.82. The Balaban J connectivity index is 2.14. The van der Waals surface area contributed by atoms with Crippen molar-refractivity contribution in [3.05, 3.63) is 41.5 Å². The molecule has 2 N–H and O–H groups in total. The number of aliphatic carboxylic acids is 1. The average molecular weight is 341 g/mol. The van der Waals surface area contributed by atoms with E-state index in [1.54, 1.807) is 11.3 Å². The van der Waals surface area contributed by atoms with Crippen molar-refractivity contribution in [3.63, 3.8) is 0 Å². The molecule has 0 fully saturated rings. The molecule has 0 bridgehead atoms. The number of thiophene rings is 1. The summed E-state index contributed by atoms with van der Waals surface area (Å²) >= 11 is 1.60. The Kier molecular flexibility index (Phi) is 4.76. The minimum atomic E-state index is -0.864. The number of hydrogen-bond donors (Lipinski definition) is 2. The zero-order valence-corrected chi connectivity index (χ0v) is 14.4. The summed E-state index contributed by atoms with van der Waals surface area (Å²) in [4.78, 5) is 22.2. The molecule has 1 unspecified atom stereocenters. The maximum Gasteiger partial charge on any atom is 0.326 e. The van der Waals surface area contributed by atoms with Gasteiger partial charge in [0, 0.05) is 10.4 Å². The standard InChI is InChI=1S/C18H19N3O2S/c1-3-7-13(18(22)23)21-16-15-14(12-8-5-4-6-9-12)11(2)24-17(15)20-10-19-16/h4-6,8-10,13H,3,7H2,1-2H3,(H,22,23)(H,19,20,21). The van der Waals surface area contributed by atoms with Crippen LogP contribution in [0.15, 0.2) is 36.7 Å². The fraction of sp³-hybridized carbons (Fsp3) is 0.278. The molecule has 2 heterocycles. The van der Waals surface area contributed by atoms with Gasteiger partial charge >= 0.3 is 5.97 Å². The molecule has 2 aromatic heterocycles. The van der Waals surface area contributed by atoms with Crippen molar-refractivity contribution in [2.45, 2.75) is 32.7 Å². The predicted molar refractivity (Wildman–Crippen MR) is 97.5 cm³/mol. The van der Waals surface area contributed by atoms with Crippen LogP contribution in [0.5, 0.6) is 0 Å². The zero-order chi connectivity index (χ0) is 17.1. The van der Waals surface area contributed by atoms with Crippen LogP contribution in [0.4, 0.5) is 5.82 Å². The van der Waals surface area contributed by atoms with E-state index in [1.807, 2.05) is 37.3 Å². The molecule has 6 heteroatoms. The van der Waals surface area contributed by atoms with Gasteiger partial charge in [-0.15, -0.1) is 11.3 Å². The maximum absolute atomic E-state index is 11.5. The molecule has 0 amide bonds. The number of rotatable bonds is 6. The minimum Gasteiger partial charge on any atom is -0.480 e. The highest BCUT2D eigenvalue weighted by atomic mass is 32.1. The molecule has 1 atom stereocenters. The monoisotopic (exact) mass is 341 g/mol. The van der Waals surface area contributed by atoms with Crippen LogP contribution < -0.4 is 5.32 Å². The molecule has 3 aromatic rings. The van der Waals surface area contributed by atoms with Gasteiger partial charge in [0.05, 0.1) is 5.39 Å². The summed E-state index contributed by atoms with van der Waals surface area (Å²) in [6.45, 7) is 4.02. The maximum atomic E-state index is 11.5. The van der Waals surface area contributed by atoms with Gasteiger partial charge in [-0.2, -0.15) is 0 Å². The topological polar surface area (TPSA) is 75.1 Å². The molecule has 124 valence electrons. The Morgan fingerprint density at radius 2 is 2.04 bits per heavy atom. The van der Waals surface area contributed by atoms with Crippen LogP contribution >= 0.6 is 11.3 Å². The second kappa shape index (κ2) is 6.97. The van der Waals surface area contributed by atoms with Crippen LogP contribution in [0.1, 0.15) is 24.6 Å². The number of anilines is 1. The number of carbonyl (C=O) groups is 1. The van der Waals surface area contributed by atoms with E-state index in [0.717, 1.165) is 32.6 Å². The Hall–Kier alpha value is -2.47. The molecule has 0 spiro atoms. The van der Waals surface area contributed by atoms with Crippen LogP contribution in [-0.4, -0.2) is 27.1 Å². The van der Waals surface area contributed by atoms with Gasteiger partial charge in [-0.05, 0) is 18.9 Å². The number of hydrogen-bond acceptors (Lipinski definition) is 5. The largest absolute Gasteiger partial charge is 0.480 e. The summed E-state index contributed by atoms with van der Waals surface area (Å²) in [7, 11) is 0. The SMILES string of the molecule is CCCC(Nc1ncnc2sc(C)c(-c3ccccc3)c12)C(=O)O. The van der Waals surface area contributed by atoms with Gasteiger partial charge in [0.1, 0.15) is 23.0 Å². The second-order valence-electron chi connectivity index (χ2n) is 5.63. The molecule has 0 radical (unpaired) electrons. The first-order chi connectivity index (χ1) is 11.6. The summed E-state index contributed by atoms with van der Waals surface area (Å²) in [6.07, 6.45) is 2.82. The van der Waals surface area contributed by atoms with E-state index in [2.05, 4.69) is 22.2 Å². The molecule has 0 saturated carbocycles. The second-order valence-corrected chi connectivity index (χ2v) is 6.83. The van der Waals surface area contributed by atoms with Crippen molar-refractivity contribution in [2.24, 2.45) is 0 Å². The highest BCUT2D eigenvalue weighted by Gasteiger charge is 2.21.